The predicted molar refractivity (Wildman–Crippen MR) is 135 cm³/mol. The number of nitrogens with one attached hydrogen (secondary N) is 1. The molecule has 3 unspecified atom stereocenters. The largest absolute Gasteiger partial charge is 0.340 e. The van der Waals surface area contributed by atoms with Gasteiger partial charge in [0.15, 0.2) is 5.78 Å². The smallest absolute Gasteiger partial charge is 0.251 e. The summed E-state index contributed by atoms with van der Waals surface area (Å²) in [6, 6.07) is 9.30. The van der Waals surface area contributed by atoms with Crippen LogP contribution in [0.4, 0.5) is 0 Å². The molecule has 3 atom stereocenters. The Bertz CT molecular complexity index is 1120. The van der Waals surface area contributed by atoms with Crippen molar-refractivity contribution < 1.29 is 19.2 Å². The van der Waals surface area contributed by atoms with E-state index in [1.54, 1.807) is 40.4 Å². The number of amides is 3. The van der Waals surface area contributed by atoms with Gasteiger partial charge >= 0.3 is 0 Å². The van der Waals surface area contributed by atoms with Gasteiger partial charge in [0.1, 0.15) is 12.1 Å². The van der Waals surface area contributed by atoms with Crippen LogP contribution in [0.15, 0.2) is 48.8 Å². The van der Waals surface area contributed by atoms with Crippen molar-refractivity contribution in [1.29, 1.82) is 0 Å². The first-order valence-electron chi connectivity index (χ1n) is 12.7. The van der Waals surface area contributed by atoms with Crippen LogP contribution >= 0.6 is 0 Å². The number of pyridine rings is 1. The average Bonchev–Trinajstić information content (AvgIpc) is 3.45. The minimum atomic E-state index is -0.723. The van der Waals surface area contributed by atoms with Gasteiger partial charge in [-0.1, -0.05) is 45.4 Å². The first-order valence-corrected chi connectivity index (χ1v) is 12.7. The van der Waals surface area contributed by atoms with Gasteiger partial charge in [-0.15, -0.1) is 0 Å². The molecule has 2 aliphatic rings. The molecular weight excluding hydrogens is 456 g/mol. The molecule has 1 aromatic heterocycles. The van der Waals surface area contributed by atoms with Crippen molar-refractivity contribution in [3.8, 4) is 0 Å². The summed E-state index contributed by atoms with van der Waals surface area (Å²) >= 11 is 0. The number of likely N-dealkylation sites (tertiary alicyclic amines) is 2. The summed E-state index contributed by atoms with van der Waals surface area (Å²) in [5.74, 6) is -0.470. The van der Waals surface area contributed by atoms with Crippen molar-refractivity contribution in [1.82, 2.24) is 20.1 Å². The van der Waals surface area contributed by atoms with Crippen LogP contribution in [-0.4, -0.2) is 69.5 Å². The molecule has 36 heavy (non-hydrogen) atoms. The van der Waals surface area contributed by atoms with E-state index in [9.17, 15) is 19.2 Å². The fourth-order valence-electron chi connectivity index (χ4n) is 5.18. The highest BCUT2D eigenvalue weighted by Gasteiger charge is 2.52. The molecule has 0 radical (unpaired) electrons. The number of carbonyl (C=O) groups is 4. The fraction of sp³-hybridized carbons (Fsp3) is 0.464. The molecule has 3 heterocycles. The van der Waals surface area contributed by atoms with Gasteiger partial charge in [0.05, 0.1) is 19.0 Å². The lowest BCUT2D eigenvalue weighted by atomic mass is 10.0. The van der Waals surface area contributed by atoms with Crippen molar-refractivity contribution in [3.05, 3.63) is 65.5 Å². The van der Waals surface area contributed by atoms with Crippen LogP contribution in [0.3, 0.4) is 0 Å². The Balaban J connectivity index is 1.44. The summed E-state index contributed by atoms with van der Waals surface area (Å²) in [4.78, 5) is 59.6. The highest BCUT2D eigenvalue weighted by molar-refractivity contribution is 6.01. The normalized spacial score (nSPS) is 19.9. The summed E-state index contributed by atoms with van der Waals surface area (Å²) < 4.78 is 0. The SMILES string of the molecule is CCCC(NC(=O)c1ccc(C(C)C)cc1)C(=O)N1CCC2C1C(=O)CN2C(=O)Cc1cccnc1. The maximum Gasteiger partial charge on any atom is 0.251 e. The molecule has 2 saturated heterocycles. The molecular formula is C28H34N4O4. The molecule has 4 rings (SSSR count). The van der Waals surface area contributed by atoms with Gasteiger partial charge in [0, 0.05) is 24.5 Å². The highest BCUT2D eigenvalue weighted by Crippen LogP contribution is 2.31. The van der Waals surface area contributed by atoms with E-state index in [2.05, 4.69) is 24.1 Å². The van der Waals surface area contributed by atoms with Crippen molar-refractivity contribution in [2.45, 2.75) is 70.5 Å². The number of hydrogen-bond acceptors (Lipinski definition) is 5. The molecule has 190 valence electrons. The van der Waals surface area contributed by atoms with E-state index in [0.717, 1.165) is 11.1 Å². The maximum atomic E-state index is 13.5. The Morgan fingerprint density at radius 2 is 1.86 bits per heavy atom. The minimum absolute atomic E-state index is 0.00517. The van der Waals surface area contributed by atoms with Crippen LogP contribution in [0.25, 0.3) is 0 Å². The number of carbonyl (C=O) groups excluding carboxylic acids is 4. The number of nitrogens with zero attached hydrogens (tertiary/aromatic N) is 3. The Morgan fingerprint density at radius 3 is 2.50 bits per heavy atom. The molecule has 2 fully saturated rings. The fourth-order valence-corrected chi connectivity index (χ4v) is 5.18. The average molecular weight is 491 g/mol. The molecule has 0 bridgehead atoms. The van der Waals surface area contributed by atoms with E-state index < -0.39 is 12.1 Å². The Labute approximate surface area is 212 Å². The van der Waals surface area contributed by atoms with Gasteiger partial charge in [-0.2, -0.15) is 0 Å². The number of fused-ring (bicyclic) bond motifs is 1. The van der Waals surface area contributed by atoms with E-state index in [1.807, 2.05) is 25.1 Å². The summed E-state index contributed by atoms with van der Waals surface area (Å²) in [6.45, 7) is 6.52. The summed E-state index contributed by atoms with van der Waals surface area (Å²) in [5, 5.41) is 2.89. The van der Waals surface area contributed by atoms with Crippen LogP contribution in [-0.2, 0) is 20.8 Å². The zero-order valence-corrected chi connectivity index (χ0v) is 21.1. The molecule has 8 nitrogen and oxygen atoms in total. The summed E-state index contributed by atoms with van der Waals surface area (Å²) in [7, 11) is 0. The lowest BCUT2D eigenvalue weighted by molar-refractivity contribution is -0.138. The number of hydrogen-bond donors (Lipinski definition) is 1. The molecule has 2 aromatic rings. The summed E-state index contributed by atoms with van der Waals surface area (Å²) in [6.07, 6.45) is 5.18. The Kier molecular flexibility index (Phi) is 7.82. The molecule has 0 aliphatic carbocycles. The Hall–Kier alpha value is -3.55. The number of benzene rings is 1. The van der Waals surface area contributed by atoms with E-state index in [1.165, 1.54) is 0 Å². The third-order valence-electron chi connectivity index (χ3n) is 7.12. The standard InChI is InChI=1S/C28H34N4O4/c1-4-6-22(30-27(35)21-10-8-20(9-11-21)18(2)3)28(36)31-14-12-23-26(31)24(33)17-32(23)25(34)15-19-7-5-13-29-16-19/h5,7-11,13,16,18,22-23,26H,4,6,12,14-15,17H2,1-3H3,(H,30,35). The zero-order chi connectivity index (χ0) is 25.8. The first kappa shape index (κ1) is 25.5. The van der Waals surface area contributed by atoms with E-state index in [-0.39, 0.29) is 42.5 Å². The lowest BCUT2D eigenvalue weighted by Gasteiger charge is -2.28. The zero-order valence-electron chi connectivity index (χ0n) is 21.1. The molecule has 0 saturated carbocycles. The molecule has 0 spiro atoms. The molecule has 3 amide bonds. The quantitative estimate of drug-likeness (QED) is 0.613. The summed E-state index contributed by atoms with van der Waals surface area (Å²) in [5.41, 5.74) is 2.42. The number of rotatable bonds is 8. The number of Topliss-reactive ketones (excluding diaryl/α,β-unsaturated/α-hetero) is 1. The van der Waals surface area contributed by atoms with Crippen LogP contribution in [0.5, 0.6) is 0 Å². The van der Waals surface area contributed by atoms with E-state index >= 15 is 0 Å². The number of aromatic nitrogens is 1. The van der Waals surface area contributed by atoms with Crippen molar-refractivity contribution in [2.75, 3.05) is 13.1 Å². The second-order valence-electron chi connectivity index (χ2n) is 9.95. The third-order valence-corrected chi connectivity index (χ3v) is 7.12. The van der Waals surface area contributed by atoms with Crippen LogP contribution in [0, 0.1) is 0 Å². The minimum Gasteiger partial charge on any atom is -0.340 e. The lowest BCUT2D eigenvalue weighted by Crippen LogP contribution is -2.52. The van der Waals surface area contributed by atoms with Crippen LogP contribution < -0.4 is 5.32 Å². The van der Waals surface area contributed by atoms with Gasteiger partial charge in [0.2, 0.25) is 11.8 Å². The van der Waals surface area contributed by atoms with Crippen LogP contribution in [0.2, 0.25) is 0 Å². The topological polar surface area (TPSA) is 99.7 Å². The first-order chi connectivity index (χ1) is 17.3. The number of ketones is 1. The highest BCUT2D eigenvalue weighted by atomic mass is 16.2. The molecule has 1 N–H and O–H groups in total. The second-order valence-corrected chi connectivity index (χ2v) is 9.95. The molecule has 8 heteroatoms. The van der Waals surface area contributed by atoms with Gasteiger partial charge in [-0.05, 0) is 48.1 Å². The maximum absolute atomic E-state index is 13.5. The monoisotopic (exact) mass is 490 g/mol. The van der Waals surface area contributed by atoms with Gasteiger partial charge in [0.25, 0.3) is 5.91 Å². The van der Waals surface area contributed by atoms with Crippen molar-refractivity contribution in [3.63, 3.8) is 0 Å². The van der Waals surface area contributed by atoms with Crippen LogP contribution in [0.1, 0.15) is 67.4 Å². The van der Waals surface area contributed by atoms with Gasteiger partial charge < -0.3 is 15.1 Å². The second kappa shape index (κ2) is 11.0. The Morgan fingerprint density at radius 1 is 1.11 bits per heavy atom. The van der Waals surface area contributed by atoms with Gasteiger partial charge in [-0.3, -0.25) is 24.2 Å². The molecule has 2 aliphatic heterocycles. The van der Waals surface area contributed by atoms with E-state index in [4.69, 9.17) is 0 Å². The van der Waals surface area contributed by atoms with Gasteiger partial charge in [-0.25, -0.2) is 0 Å². The van der Waals surface area contributed by atoms with E-state index in [0.29, 0.717) is 37.3 Å². The van der Waals surface area contributed by atoms with Crippen molar-refractivity contribution >= 4 is 23.5 Å². The molecule has 1 aromatic carbocycles. The van der Waals surface area contributed by atoms with Crippen molar-refractivity contribution in [2.24, 2.45) is 0 Å². The predicted octanol–water partition coefficient (Wildman–Crippen LogP) is 2.73. The third kappa shape index (κ3) is 5.32.